The lowest BCUT2D eigenvalue weighted by Crippen LogP contribution is -2.70. The fourth-order valence-electron chi connectivity index (χ4n) is 13.7. The van der Waals surface area contributed by atoms with Crippen LogP contribution < -0.4 is 0 Å². The van der Waals surface area contributed by atoms with E-state index in [0.29, 0.717) is 37.7 Å². The molecule has 0 spiro atoms. The van der Waals surface area contributed by atoms with Gasteiger partial charge in [0.1, 0.15) is 24.4 Å². The first-order valence-electron chi connectivity index (χ1n) is 20.1. The lowest BCUT2D eigenvalue weighted by atomic mass is 9.32. The minimum absolute atomic E-state index is 0.124. The van der Waals surface area contributed by atoms with E-state index in [-0.39, 0.29) is 40.0 Å². The van der Waals surface area contributed by atoms with E-state index in [1.54, 1.807) is 0 Å². The first-order valence-corrected chi connectivity index (χ1v) is 20.1. The first kappa shape index (κ1) is 39.1. The predicted molar refractivity (Wildman–Crippen MR) is 190 cm³/mol. The van der Waals surface area contributed by atoms with E-state index in [4.69, 9.17) is 18.9 Å². The molecule has 4 saturated carbocycles. The highest BCUT2D eigenvalue weighted by atomic mass is 16.7. The minimum atomic E-state index is -1.68. The monoisotopic (exact) mass is 734 g/mol. The van der Waals surface area contributed by atoms with Crippen molar-refractivity contribution in [2.75, 3.05) is 13.2 Å². The highest BCUT2D eigenvalue weighted by Crippen LogP contribution is 2.76. The molecule has 6 fully saturated rings. The van der Waals surface area contributed by atoms with Crippen molar-refractivity contribution in [3.8, 4) is 0 Å². The van der Waals surface area contributed by atoms with Crippen LogP contribution in [-0.2, 0) is 23.7 Å². The second-order valence-electron chi connectivity index (χ2n) is 20.0. The first-order chi connectivity index (χ1) is 24.2. The van der Waals surface area contributed by atoms with Crippen LogP contribution in [0.3, 0.4) is 0 Å². The summed E-state index contributed by atoms with van der Waals surface area (Å²) in [6.45, 7) is 17.7. The number of hydrogen-bond donors (Lipinski definition) is 6. The fourth-order valence-corrected chi connectivity index (χ4v) is 13.7. The van der Waals surface area contributed by atoms with Crippen molar-refractivity contribution in [2.45, 2.75) is 168 Å². The maximum atomic E-state index is 14.2. The second-order valence-corrected chi connectivity index (χ2v) is 20.0. The van der Waals surface area contributed by atoms with Crippen LogP contribution in [0.15, 0.2) is 11.6 Å². The summed E-state index contributed by atoms with van der Waals surface area (Å²) in [7, 11) is 0. The quantitative estimate of drug-likeness (QED) is 0.179. The lowest BCUT2D eigenvalue weighted by Gasteiger charge is -2.73. The van der Waals surface area contributed by atoms with Crippen molar-refractivity contribution in [3.05, 3.63) is 11.6 Å². The van der Waals surface area contributed by atoms with E-state index in [9.17, 15) is 35.4 Å². The highest BCUT2D eigenvalue weighted by molar-refractivity contribution is 5.74. The second kappa shape index (κ2) is 12.9. The topological polar surface area (TPSA) is 175 Å². The van der Waals surface area contributed by atoms with Gasteiger partial charge in [-0.1, -0.05) is 73.5 Å². The normalized spacial score (nSPS) is 55.4. The maximum Gasteiger partial charge on any atom is 0.311 e. The van der Waals surface area contributed by atoms with Gasteiger partial charge in [0.05, 0.1) is 37.4 Å². The molecule has 296 valence electrons. The molecule has 6 N–H and O–H groups in total. The van der Waals surface area contributed by atoms with Crippen LogP contribution in [0.5, 0.6) is 0 Å². The zero-order valence-electron chi connectivity index (χ0n) is 32.6. The third kappa shape index (κ3) is 5.33. The molecule has 0 aromatic carbocycles. The van der Waals surface area contributed by atoms with E-state index in [2.05, 4.69) is 47.6 Å². The molecular weight excluding hydrogens is 668 g/mol. The van der Waals surface area contributed by atoms with Crippen LogP contribution in [0.1, 0.15) is 113 Å². The largest absolute Gasteiger partial charge is 0.432 e. The molecule has 0 amide bonds. The number of allylic oxidation sites excluding steroid dienone is 1. The zero-order chi connectivity index (χ0) is 38.0. The molecular formula is C41H66O11. The molecule has 0 radical (unpaired) electrons. The van der Waals surface area contributed by atoms with Gasteiger partial charge in [0.25, 0.3) is 0 Å². The van der Waals surface area contributed by atoms with Gasteiger partial charge in [-0.2, -0.15) is 0 Å². The standard InChI is InChI=1S/C41H66O11/c1-9-10-27-49-20-39(6)25-13-14-41(8)26(38(25,5)18-23(43)33(39)51-27)12-11-21-28-32(47)36(2,3)17-22(37(28,4)15-16-40(21,41)7)34(48)52-35-31(46)30(45)29(44)24(19-42)50-35/h11,22-33,35,42-47H,9-10,12-20H2,1-8H3/t22-,23+,24+,25+,26+,27?,28+,29+,30-,31+,32-,33-,35-,37-,38-,39-,40+,41+/m0/s1. The molecule has 7 aliphatic rings. The molecule has 0 aromatic heterocycles. The summed E-state index contributed by atoms with van der Waals surface area (Å²) in [4.78, 5) is 14.2. The van der Waals surface area contributed by atoms with Gasteiger partial charge in [-0.05, 0) is 90.3 Å². The van der Waals surface area contributed by atoms with E-state index >= 15 is 0 Å². The van der Waals surface area contributed by atoms with Crippen molar-refractivity contribution in [3.63, 3.8) is 0 Å². The third-order valence-corrected chi connectivity index (χ3v) is 16.8. The summed E-state index contributed by atoms with van der Waals surface area (Å²) in [5.41, 5.74) is -0.924. The van der Waals surface area contributed by atoms with Crippen LogP contribution in [0.25, 0.3) is 0 Å². The molecule has 5 aliphatic carbocycles. The average molecular weight is 735 g/mol. The van der Waals surface area contributed by atoms with E-state index in [1.807, 2.05) is 13.8 Å². The Bertz CT molecular complexity index is 1420. The Balaban J connectivity index is 1.20. The van der Waals surface area contributed by atoms with Crippen LogP contribution in [-0.4, -0.2) is 105 Å². The van der Waals surface area contributed by atoms with Gasteiger partial charge in [0, 0.05) is 11.3 Å². The Labute approximate surface area is 309 Å². The zero-order valence-corrected chi connectivity index (χ0v) is 32.6. The van der Waals surface area contributed by atoms with E-state index < -0.39 is 72.2 Å². The summed E-state index contributed by atoms with van der Waals surface area (Å²) in [6.07, 6.45) is 0.106. The van der Waals surface area contributed by atoms with Gasteiger partial charge in [-0.25, -0.2) is 0 Å². The van der Waals surface area contributed by atoms with Gasteiger partial charge in [0.15, 0.2) is 6.29 Å². The lowest BCUT2D eigenvalue weighted by molar-refractivity contribution is -0.337. The molecule has 1 unspecified atom stereocenters. The number of carbonyl (C=O) groups excluding carboxylic acids is 1. The number of hydrogen-bond acceptors (Lipinski definition) is 11. The number of fused-ring (bicyclic) bond motifs is 9. The Hall–Kier alpha value is -1.15. The van der Waals surface area contributed by atoms with Crippen LogP contribution >= 0.6 is 0 Å². The SMILES string of the molecule is CCCC1OC[C@@]2(C)[C@@H]3CC[C@]4(C)[C@H](CC=C5[C@@H]6[C@H](O)C(C)(C)C[C@@H](C(=O)O[C@@H]7O[C@H](CO)[C@@H](O)[C@H](O)[C@H]7O)[C@]6(C)CC[C@]54C)[C@@]3(C)C[C@@H](O)[C@@H]2O1. The van der Waals surface area contributed by atoms with Crippen molar-refractivity contribution in [1.82, 2.24) is 0 Å². The third-order valence-electron chi connectivity index (χ3n) is 16.8. The average Bonchev–Trinajstić information content (AvgIpc) is 3.08. The van der Waals surface area contributed by atoms with Crippen LogP contribution in [0, 0.1) is 56.2 Å². The van der Waals surface area contributed by atoms with Gasteiger partial charge in [-0.15, -0.1) is 0 Å². The molecule has 11 nitrogen and oxygen atoms in total. The number of rotatable bonds is 5. The summed E-state index contributed by atoms with van der Waals surface area (Å²) in [6, 6.07) is 0. The Morgan fingerprint density at radius 1 is 0.865 bits per heavy atom. The smallest absolute Gasteiger partial charge is 0.311 e. The van der Waals surface area contributed by atoms with Crippen molar-refractivity contribution >= 4 is 5.97 Å². The highest BCUT2D eigenvalue weighted by Gasteiger charge is 2.72. The maximum absolute atomic E-state index is 14.2. The van der Waals surface area contributed by atoms with Crippen molar-refractivity contribution in [2.24, 2.45) is 56.2 Å². The molecule has 2 saturated heterocycles. The number of esters is 1. The van der Waals surface area contributed by atoms with E-state index in [1.165, 1.54) is 5.57 Å². The summed E-state index contributed by atoms with van der Waals surface area (Å²) < 4.78 is 24.2. The fraction of sp³-hybridized carbons (Fsp3) is 0.927. The molecule has 2 aliphatic heterocycles. The van der Waals surface area contributed by atoms with Crippen molar-refractivity contribution < 1.29 is 54.4 Å². The Morgan fingerprint density at radius 3 is 2.25 bits per heavy atom. The van der Waals surface area contributed by atoms with Gasteiger partial charge >= 0.3 is 5.97 Å². The minimum Gasteiger partial charge on any atom is -0.432 e. The number of aliphatic hydroxyl groups excluding tert-OH is 6. The molecule has 11 heteroatoms. The summed E-state index contributed by atoms with van der Waals surface area (Å²) in [5.74, 6) is -0.924. The van der Waals surface area contributed by atoms with E-state index in [0.717, 1.165) is 38.5 Å². The number of ether oxygens (including phenoxy) is 4. The van der Waals surface area contributed by atoms with Crippen LogP contribution in [0.4, 0.5) is 0 Å². The summed E-state index contributed by atoms with van der Waals surface area (Å²) >= 11 is 0. The Morgan fingerprint density at radius 2 is 1.58 bits per heavy atom. The Kier molecular flexibility index (Phi) is 9.74. The molecule has 18 atom stereocenters. The van der Waals surface area contributed by atoms with Gasteiger partial charge in [0.2, 0.25) is 6.29 Å². The number of aliphatic hydroxyl groups is 6. The van der Waals surface area contributed by atoms with Gasteiger partial charge in [-0.3, -0.25) is 4.79 Å². The van der Waals surface area contributed by atoms with Crippen molar-refractivity contribution in [1.29, 1.82) is 0 Å². The molecule has 0 aromatic rings. The number of carbonyl (C=O) groups is 1. The molecule has 7 rings (SSSR count). The van der Waals surface area contributed by atoms with Gasteiger partial charge < -0.3 is 49.6 Å². The predicted octanol–water partition coefficient (Wildman–Crippen LogP) is 3.84. The molecule has 52 heavy (non-hydrogen) atoms. The van der Waals surface area contributed by atoms with Crippen LogP contribution in [0.2, 0.25) is 0 Å². The molecule has 0 bridgehead atoms. The molecule has 2 heterocycles. The summed E-state index contributed by atoms with van der Waals surface area (Å²) in [5, 5.41) is 65.2.